The van der Waals surface area contributed by atoms with Crippen LogP contribution in [0.4, 0.5) is 32.0 Å². The summed E-state index contributed by atoms with van der Waals surface area (Å²) in [6.45, 7) is 1.73. The number of carbonyl (C=O) groups is 2. The third-order valence-electron chi connectivity index (χ3n) is 7.91. The molecular formula is C33H33F6N3O3. The van der Waals surface area contributed by atoms with E-state index in [0.717, 1.165) is 22.8 Å². The highest BCUT2D eigenvalue weighted by Crippen LogP contribution is 2.43. The molecule has 0 spiro atoms. The van der Waals surface area contributed by atoms with Crippen molar-refractivity contribution in [3.63, 3.8) is 0 Å². The van der Waals surface area contributed by atoms with E-state index in [1.807, 2.05) is 42.5 Å². The second kappa shape index (κ2) is 14.6. The monoisotopic (exact) mass is 633 g/mol. The molecule has 0 heterocycles. The van der Waals surface area contributed by atoms with Gasteiger partial charge in [-0.25, -0.2) is 0 Å². The third kappa shape index (κ3) is 9.56. The highest BCUT2D eigenvalue weighted by atomic mass is 19.4. The maximum Gasteiger partial charge on any atom is 0.417 e. The van der Waals surface area contributed by atoms with E-state index in [9.17, 15) is 41.0 Å². The van der Waals surface area contributed by atoms with Gasteiger partial charge in [0.1, 0.15) is 0 Å². The minimum Gasteiger partial charge on any atom is -0.390 e. The summed E-state index contributed by atoms with van der Waals surface area (Å²) in [5.74, 6) is -1.57. The quantitative estimate of drug-likeness (QED) is 0.185. The molecule has 1 aliphatic rings. The van der Waals surface area contributed by atoms with Crippen molar-refractivity contribution < 1.29 is 41.0 Å². The van der Waals surface area contributed by atoms with Gasteiger partial charge in [-0.05, 0) is 85.5 Å². The molecule has 3 aromatic rings. The van der Waals surface area contributed by atoms with Crippen LogP contribution in [-0.4, -0.2) is 36.2 Å². The number of hydrogen-bond acceptors (Lipinski definition) is 4. The normalized spacial score (nSPS) is 18.0. The van der Waals surface area contributed by atoms with Crippen molar-refractivity contribution in [3.05, 3.63) is 89.0 Å². The van der Waals surface area contributed by atoms with Gasteiger partial charge in [0.15, 0.2) is 0 Å². The van der Waals surface area contributed by atoms with Crippen LogP contribution in [-0.2, 0) is 17.4 Å². The Balaban J connectivity index is 0.000000309. The summed E-state index contributed by atoms with van der Waals surface area (Å²) in [7, 11) is 1.58. The summed E-state index contributed by atoms with van der Waals surface area (Å²) in [4.78, 5) is 21.9. The van der Waals surface area contributed by atoms with Gasteiger partial charge in [0.05, 0.1) is 28.7 Å². The molecule has 6 nitrogen and oxygen atoms in total. The van der Waals surface area contributed by atoms with E-state index in [2.05, 4.69) is 10.6 Å². The Morgan fingerprint density at radius 2 is 1.53 bits per heavy atom. The van der Waals surface area contributed by atoms with E-state index in [-0.39, 0.29) is 36.8 Å². The molecule has 1 unspecified atom stereocenters. The number of amides is 2. The van der Waals surface area contributed by atoms with Crippen molar-refractivity contribution in [2.24, 2.45) is 11.8 Å². The lowest BCUT2D eigenvalue weighted by Crippen LogP contribution is -2.41. The first kappa shape index (κ1) is 35.1. The third-order valence-corrected chi connectivity index (χ3v) is 7.91. The van der Waals surface area contributed by atoms with Crippen molar-refractivity contribution in [1.82, 2.24) is 5.32 Å². The molecule has 2 amide bonds. The molecule has 4 rings (SSSR count). The minimum absolute atomic E-state index is 0.00340. The zero-order valence-corrected chi connectivity index (χ0v) is 24.6. The van der Waals surface area contributed by atoms with Gasteiger partial charge < -0.3 is 15.7 Å². The molecule has 0 radical (unpaired) electrons. The van der Waals surface area contributed by atoms with Gasteiger partial charge in [-0.1, -0.05) is 36.4 Å². The molecule has 1 aliphatic carbocycles. The fourth-order valence-corrected chi connectivity index (χ4v) is 5.48. The Bertz CT molecular complexity index is 1520. The number of hydrogen-bond donors (Lipinski definition) is 3. The highest BCUT2D eigenvalue weighted by Gasteiger charge is 2.44. The van der Waals surface area contributed by atoms with Crippen LogP contribution in [0.3, 0.4) is 0 Å². The van der Waals surface area contributed by atoms with Crippen LogP contribution in [0, 0.1) is 23.2 Å². The number of nitriles is 1. The number of nitrogens with zero attached hydrogens (tertiary/aromatic N) is 1. The number of anilines is 1. The zero-order valence-electron chi connectivity index (χ0n) is 24.6. The Morgan fingerprint density at radius 1 is 0.933 bits per heavy atom. The standard InChI is InChI=1S/C24H28F3NO2.C9H5F3N2O/c1-23(30,20-9-11-21(12-10-20)24(25,26)27)15-16-5-3-6-17(13-16)18-7-4-8-19(14-18)22(29)28-2;10-9(11,12)8-3-7(14-5-15)2-1-6(8)4-13/h3-8,13-14,20-21,30H,9-12,15H2,1-2H3,(H,28,29);1-3,5H,(H,14,15). The Morgan fingerprint density at radius 3 is 2.09 bits per heavy atom. The average Bonchev–Trinajstić information content (AvgIpc) is 3.00. The second-order valence-corrected chi connectivity index (χ2v) is 11.1. The van der Waals surface area contributed by atoms with Crippen molar-refractivity contribution in [3.8, 4) is 17.2 Å². The van der Waals surface area contributed by atoms with Crippen LogP contribution in [0.2, 0.25) is 0 Å². The molecule has 1 fully saturated rings. The van der Waals surface area contributed by atoms with Gasteiger partial charge in [0.25, 0.3) is 5.91 Å². The van der Waals surface area contributed by atoms with Gasteiger partial charge in [-0.2, -0.15) is 31.6 Å². The van der Waals surface area contributed by atoms with E-state index >= 15 is 0 Å². The fourth-order valence-electron chi connectivity index (χ4n) is 5.48. The van der Waals surface area contributed by atoms with E-state index in [1.54, 1.807) is 20.0 Å². The maximum absolute atomic E-state index is 12.9. The highest BCUT2D eigenvalue weighted by molar-refractivity contribution is 5.95. The molecule has 0 aromatic heterocycles. The Kier molecular flexibility index (Phi) is 11.4. The van der Waals surface area contributed by atoms with Crippen molar-refractivity contribution in [2.75, 3.05) is 12.4 Å². The molecule has 1 atom stereocenters. The molecule has 0 bridgehead atoms. The lowest BCUT2D eigenvalue weighted by atomic mass is 9.72. The maximum atomic E-state index is 12.9. The summed E-state index contributed by atoms with van der Waals surface area (Å²) in [6.07, 6.45) is -7.19. The number of rotatable bonds is 7. The topological polar surface area (TPSA) is 102 Å². The smallest absolute Gasteiger partial charge is 0.390 e. The van der Waals surface area contributed by atoms with E-state index in [4.69, 9.17) is 5.26 Å². The number of halogens is 6. The average molecular weight is 634 g/mol. The largest absolute Gasteiger partial charge is 0.417 e. The van der Waals surface area contributed by atoms with Crippen molar-refractivity contribution in [1.29, 1.82) is 5.26 Å². The van der Waals surface area contributed by atoms with E-state index in [1.165, 1.54) is 12.1 Å². The number of aliphatic hydroxyl groups is 1. The molecular weight excluding hydrogens is 600 g/mol. The first-order valence-electron chi connectivity index (χ1n) is 14.1. The van der Waals surface area contributed by atoms with Crippen LogP contribution in [0.15, 0.2) is 66.7 Å². The van der Waals surface area contributed by atoms with Gasteiger partial charge in [-0.3, -0.25) is 9.59 Å². The first-order valence-corrected chi connectivity index (χ1v) is 14.1. The second-order valence-electron chi connectivity index (χ2n) is 11.1. The summed E-state index contributed by atoms with van der Waals surface area (Å²) in [6, 6.07) is 19.4. The predicted octanol–water partition coefficient (Wildman–Crippen LogP) is 7.52. The number of carbonyl (C=O) groups excluding carboxylic acids is 2. The lowest BCUT2D eigenvalue weighted by molar-refractivity contribution is -0.188. The number of benzene rings is 3. The Labute approximate surface area is 257 Å². The van der Waals surface area contributed by atoms with Crippen LogP contribution in [0.1, 0.15) is 59.7 Å². The molecule has 12 heteroatoms. The molecule has 1 saturated carbocycles. The van der Waals surface area contributed by atoms with Gasteiger partial charge in [0, 0.05) is 24.7 Å². The minimum atomic E-state index is -4.61. The molecule has 240 valence electrons. The van der Waals surface area contributed by atoms with Crippen LogP contribution < -0.4 is 10.6 Å². The van der Waals surface area contributed by atoms with Gasteiger partial charge in [0.2, 0.25) is 6.41 Å². The summed E-state index contributed by atoms with van der Waals surface area (Å²) >= 11 is 0. The van der Waals surface area contributed by atoms with Crippen molar-refractivity contribution in [2.45, 2.75) is 57.0 Å². The van der Waals surface area contributed by atoms with E-state index < -0.39 is 35.0 Å². The molecule has 0 saturated heterocycles. The van der Waals surface area contributed by atoms with Gasteiger partial charge in [-0.15, -0.1) is 0 Å². The first-order chi connectivity index (χ1) is 21.1. The fraction of sp³-hybridized carbons (Fsp3) is 0.364. The van der Waals surface area contributed by atoms with Crippen LogP contribution in [0.25, 0.3) is 11.1 Å². The summed E-state index contributed by atoms with van der Waals surface area (Å²) in [5, 5.41) is 24.2. The Hall–Kier alpha value is -4.37. The lowest BCUT2D eigenvalue weighted by Gasteiger charge is -2.38. The SMILES string of the molecule is CNC(=O)c1cccc(-c2cccc(CC(C)(O)C3CCC(C(F)(F)F)CC3)c2)c1.N#Cc1ccc(NC=O)cc1C(F)(F)F. The summed E-state index contributed by atoms with van der Waals surface area (Å²) < 4.78 is 76.0. The molecule has 3 aromatic carbocycles. The van der Waals surface area contributed by atoms with Crippen molar-refractivity contribution >= 4 is 18.0 Å². The molecule has 45 heavy (non-hydrogen) atoms. The summed E-state index contributed by atoms with van der Waals surface area (Å²) in [5.41, 5.74) is 0.693. The van der Waals surface area contributed by atoms with Crippen LogP contribution >= 0.6 is 0 Å². The molecule has 3 N–H and O–H groups in total. The van der Waals surface area contributed by atoms with E-state index in [0.29, 0.717) is 30.9 Å². The zero-order chi connectivity index (χ0) is 33.4. The molecule has 0 aliphatic heterocycles. The number of nitrogens with one attached hydrogen (secondary N) is 2. The predicted molar refractivity (Wildman–Crippen MR) is 157 cm³/mol. The van der Waals surface area contributed by atoms with Crippen LogP contribution in [0.5, 0.6) is 0 Å². The number of alkyl halides is 6. The van der Waals surface area contributed by atoms with Gasteiger partial charge >= 0.3 is 12.4 Å².